The first-order valence-electron chi connectivity index (χ1n) is 7.89. The standard InChI is InChI=1S/C16H18N2O6S2/c1-10-2-4-11(5-3-10)18-12-8-26(22,23)9-13(12)25-16(18)17-14(19)6-24-7-15(20)21/h2-5,12-13H,6-9H2,1H3,(H,20,21). The van der Waals surface area contributed by atoms with Crippen LogP contribution >= 0.6 is 11.8 Å². The molecule has 2 unspecified atom stereocenters. The van der Waals surface area contributed by atoms with Crippen LogP contribution in [0.1, 0.15) is 5.56 Å². The highest BCUT2D eigenvalue weighted by Gasteiger charge is 2.49. The monoisotopic (exact) mass is 398 g/mol. The molecular formula is C16H18N2O6S2. The molecule has 10 heteroatoms. The van der Waals surface area contributed by atoms with Gasteiger partial charge < -0.3 is 14.7 Å². The highest BCUT2D eigenvalue weighted by molar-refractivity contribution is 8.16. The predicted octanol–water partition coefficient (Wildman–Crippen LogP) is 0.698. The first-order chi connectivity index (χ1) is 12.2. The second-order valence-corrected chi connectivity index (χ2v) is 9.54. The lowest BCUT2D eigenvalue weighted by Crippen LogP contribution is -2.37. The zero-order valence-corrected chi connectivity index (χ0v) is 15.6. The third kappa shape index (κ3) is 4.25. The number of nitrogens with zero attached hydrogens (tertiary/aromatic N) is 2. The summed E-state index contributed by atoms with van der Waals surface area (Å²) < 4.78 is 28.7. The molecule has 2 fully saturated rings. The molecule has 0 aromatic heterocycles. The first-order valence-corrected chi connectivity index (χ1v) is 10.6. The molecule has 1 amide bonds. The van der Waals surface area contributed by atoms with E-state index in [0.717, 1.165) is 11.3 Å². The van der Waals surface area contributed by atoms with Crippen molar-refractivity contribution in [1.82, 2.24) is 0 Å². The van der Waals surface area contributed by atoms with Crippen LogP contribution in [0.4, 0.5) is 5.69 Å². The molecule has 0 bridgehead atoms. The van der Waals surface area contributed by atoms with Gasteiger partial charge in [0.05, 0.1) is 17.5 Å². The largest absolute Gasteiger partial charge is 0.480 e. The maximum absolute atomic E-state index is 12.0. The van der Waals surface area contributed by atoms with Gasteiger partial charge in [0, 0.05) is 10.9 Å². The summed E-state index contributed by atoms with van der Waals surface area (Å²) in [6.07, 6.45) is 0. The molecule has 2 saturated heterocycles. The summed E-state index contributed by atoms with van der Waals surface area (Å²) in [5, 5.41) is 8.77. The molecule has 0 aliphatic carbocycles. The Kier molecular flexibility index (Phi) is 5.35. The van der Waals surface area contributed by atoms with Gasteiger partial charge in [-0.25, -0.2) is 13.2 Å². The van der Waals surface area contributed by atoms with Gasteiger partial charge in [-0.2, -0.15) is 4.99 Å². The summed E-state index contributed by atoms with van der Waals surface area (Å²) in [7, 11) is -3.12. The van der Waals surface area contributed by atoms with Crippen molar-refractivity contribution < 1.29 is 27.9 Å². The molecule has 2 atom stereocenters. The molecule has 26 heavy (non-hydrogen) atoms. The van der Waals surface area contributed by atoms with Crippen LogP contribution in [0.15, 0.2) is 29.3 Å². The number of thioether (sulfide) groups is 1. The molecule has 1 aromatic carbocycles. The highest BCUT2D eigenvalue weighted by Crippen LogP contribution is 2.40. The second-order valence-electron chi connectivity index (χ2n) is 6.18. The van der Waals surface area contributed by atoms with E-state index in [4.69, 9.17) is 9.84 Å². The van der Waals surface area contributed by atoms with Crippen molar-refractivity contribution in [3.63, 3.8) is 0 Å². The molecule has 0 spiro atoms. The van der Waals surface area contributed by atoms with Gasteiger partial charge in [-0.3, -0.25) is 4.79 Å². The number of fused-ring (bicyclic) bond motifs is 1. The highest BCUT2D eigenvalue weighted by atomic mass is 32.2. The van der Waals surface area contributed by atoms with Crippen molar-refractivity contribution in [1.29, 1.82) is 0 Å². The van der Waals surface area contributed by atoms with E-state index in [1.54, 1.807) is 4.90 Å². The van der Waals surface area contributed by atoms with Gasteiger partial charge in [0.15, 0.2) is 15.0 Å². The summed E-state index contributed by atoms with van der Waals surface area (Å²) in [4.78, 5) is 28.3. The number of carboxylic acids is 1. The number of hydrogen-bond acceptors (Lipinski definition) is 6. The van der Waals surface area contributed by atoms with Crippen LogP contribution in [0, 0.1) is 6.92 Å². The topological polar surface area (TPSA) is 113 Å². The van der Waals surface area contributed by atoms with E-state index in [2.05, 4.69) is 4.99 Å². The number of hydrogen-bond donors (Lipinski definition) is 1. The minimum absolute atomic E-state index is 0.0151. The number of amides is 1. The fourth-order valence-electron chi connectivity index (χ4n) is 2.94. The van der Waals surface area contributed by atoms with Gasteiger partial charge in [0.2, 0.25) is 0 Å². The number of ether oxygens (including phenoxy) is 1. The Hall–Kier alpha value is -1.91. The Bertz CT molecular complexity index is 850. The lowest BCUT2D eigenvalue weighted by Gasteiger charge is -2.24. The minimum atomic E-state index is -3.12. The van der Waals surface area contributed by atoms with E-state index in [0.29, 0.717) is 5.17 Å². The Morgan fingerprint density at radius 3 is 2.62 bits per heavy atom. The Labute approximate surface area is 155 Å². The van der Waals surface area contributed by atoms with E-state index < -0.39 is 34.9 Å². The van der Waals surface area contributed by atoms with Gasteiger partial charge in [-0.15, -0.1) is 0 Å². The van der Waals surface area contributed by atoms with Crippen molar-refractivity contribution in [2.75, 3.05) is 29.6 Å². The zero-order valence-electron chi connectivity index (χ0n) is 14.0. The number of sulfone groups is 1. The van der Waals surface area contributed by atoms with Crippen LogP contribution in [0.5, 0.6) is 0 Å². The van der Waals surface area contributed by atoms with Crippen LogP contribution in [0.25, 0.3) is 0 Å². The van der Waals surface area contributed by atoms with Gasteiger partial charge >= 0.3 is 5.97 Å². The van der Waals surface area contributed by atoms with E-state index in [1.165, 1.54) is 11.8 Å². The van der Waals surface area contributed by atoms with Crippen molar-refractivity contribution in [2.45, 2.75) is 18.2 Å². The molecule has 2 heterocycles. The second kappa shape index (κ2) is 7.37. The van der Waals surface area contributed by atoms with Gasteiger partial charge in [-0.1, -0.05) is 29.5 Å². The number of anilines is 1. The van der Waals surface area contributed by atoms with E-state index in [9.17, 15) is 18.0 Å². The normalized spacial score (nSPS) is 25.4. The van der Waals surface area contributed by atoms with Crippen LogP contribution in [-0.4, -0.2) is 66.6 Å². The number of carbonyl (C=O) groups is 2. The van der Waals surface area contributed by atoms with E-state index in [-0.39, 0.29) is 22.8 Å². The van der Waals surface area contributed by atoms with Crippen LogP contribution in [-0.2, 0) is 24.2 Å². The maximum atomic E-state index is 12.0. The minimum Gasteiger partial charge on any atom is -0.480 e. The number of benzene rings is 1. The number of aliphatic imine (C=N–C) groups is 1. The Balaban J connectivity index is 1.84. The number of aliphatic carboxylic acids is 1. The molecule has 2 aliphatic heterocycles. The molecular weight excluding hydrogens is 380 g/mol. The first kappa shape index (κ1) is 18.9. The lowest BCUT2D eigenvalue weighted by atomic mass is 10.1. The summed E-state index contributed by atoms with van der Waals surface area (Å²) in [5.74, 6) is -1.70. The number of aryl methyl sites for hydroxylation is 1. The SMILES string of the molecule is Cc1ccc(N2C(=NC(=O)COCC(=O)O)SC3CS(=O)(=O)CC32)cc1. The molecule has 8 nitrogen and oxygen atoms in total. The Morgan fingerprint density at radius 1 is 1.27 bits per heavy atom. The molecule has 3 rings (SSSR count). The predicted molar refractivity (Wildman–Crippen MR) is 98.4 cm³/mol. The van der Waals surface area contributed by atoms with Gasteiger partial charge in [-0.05, 0) is 19.1 Å². The van der Waals surface area contributed by atoms with Crippen LogP contribution in [0.3, 0.4) is 0 Å². The van der Waals surface area contributed by atoms with Crippen molar-refractivity contribution >= 4 is 44.3 Å². The smallest absolute Gasteiger partial charge is 0.329 e. The number of carbonyl (C=O) groups excluding carboxylic acids is 1. The third-order valence-corrected chi connectivity index (χ3v) is 7.26. The van der Waals surface area contributed by atoms with Crippen molar-refractivity contribution in [3.05, 3.63) is 29.8 Å². The average Bonchev–Trinajstić information content (AvgIpc) is 2.99. The lowest BCUT2D eigenvalue weighted by molar-refractivity contribution is -0.143. The van der Waals surface area contributed by atoms with Crippen molar-refractivity contribution in [3.8, 4) is 0 Å². The molecule has 2 aliphatic rings. The molecule has 140 valence electrons. The Morgan fingerprint density at radius 2 is 1.96 bits per heavy atom. The summed E-state index contributed by atoms with van der Waals surface area (Å²) >= 11 is 1.26. The summed E-state index contributed by atoms with van der Waals surface area (Å²) in [6, 6.07) is 7.27. The fraction of sp³-hybridized carbons (Fsp3) is 0.438. The number of carboxylic acid groups (broad SMARTS) is 1. The number of amidine groups is 1. The van der Waals surface area contributed by atoms with Crippen LogP contribution < -0.4 is 4.90 Å². The van der Waals surface area contributed by atoms with Gasteiger partial charge in [0.1, 0.15) is 13.2 Å². The zero-order chi connectivity index (χ0) is 18.9. The molecule has 1 N–H and O–H groups in total. The molecule has 1 aromatic rings. The maximum Gasteiger partial charge on any atom is 0.329 e. The quantitative estimate of drug-likeness (QED) is 0.771. The average molecular weight is 398 g/mol. The van der Waals surface area contributed by atoms with E-state index in [1.807, 2.05) is 31.2 Å². The summed E-state index contributed by atoms with van der Waals surface area (Å²) in [5.41, 5.74) is 1.83. The number of rotatable bonds is 5. The molecule has 0 radical (unpaired) electrons. The van der Waals surface area contributed by atoms with E-state index >= 15 is 0 Å². The van der Waals surface area contributed by atoms with Gasteiger partial charge in [0.25, 0.3) is 5.91 Å². The fourth-order valence-corrected chi connectivity index (χ4v) is 6.87. The third-order valence-electron chi connectivity index (χ3n) is 4.05. The summed E-state index contributed by atoms with van der Waals surface area (Å²) in [6.45, 7) is 0.935. The van der Waals surface area contributed by atoms with Crippen LogP contribution in [0.2, 0.25) is 0 Å². The molecule has 0 saturated carbocycles. The van der Waals surface area contributed by atoms with Crippen molar-refractivity contribution in [2.24, 2.45) is 4.99 Å².